The van der Waals surface area contributed by atoms with Crippen molar-refractivity contribution in [2.24, 2.45) is 11.8 Å². The molecule has 0 aliphatic carbocycles. The number of methoxy groups -OCH3 is 1. The van der Waals surface area contributed by atoms with Crippen molar-refractivity contribution in [1.29, 1.82) is 0 Å². The van der Waals surface area contributed by atoms with E-state index >= 15 is 0 Å². The van der Waals surface area contributed by atoms with Gasteiger partial charge in [0.25, 0.3) is 5.91 Å². The Balaban J connectivity index is 1.99. The minimum atomic E-state index is -4.72. The van der Waals surface area contributed by atoms with Crippen molar-refractivity contribution in [2.75, 3.05) is 20.2 Å². The number of ether oxygens (including phenoxy) is 1. The molecule has 1 aliphatic rings. The van der Waals surface area contributed by atoms with Gasteiger partial charge in [-0.3, -0.25) is 29.0 Å². The first kappa shape index (κ1) is 37.8. The maximum Gasteiger partial charge on any atom is 0.433 e. The van der Waals surface area contributed by atoms with Crippen LogP contribution in [0.2, 0.25) is 0 Å². The lowest BCUT2D eigenvalue weighted by Gasteiger charge is -2.31. The predicted molar refractivity (Wildman–Crippen MR) is 170 cm³/mol. The second-order valence-corrected chi connectivity index (χ2v) is 12.6. The number of hydrogen-bond donors (Lipinski definition) is 4. The summed E-state index contributed by atoms with van der Waals surface area (Å²) in [6.07, 6.45) is -3.69. The van der Waals surface area contributed by atoms with Crippen molar-refractivity contribution in [1.82, 2.24) is 31.2 Å². The Hall–Kier alpha value is -4.69. The normalized spacial score (nSPS) is 21.9. The molecule has 3 rings (SSSR count). The molecular formula is C33H43F3N6O6. The van der Waals surface area contributed by atoms with Gasteiger partial charge in [-0.2, -0.15) is 13.2 Å². The number of benzene rings is 1. The van der Waals surface area contributed by atoms with Crippen LogP contribution >= 0.6 is 0 Å². The van der Waals surface area contributed by atoms with E-state index in [4.69, 9.17) is 4.74 Å². The Morgan fingerprint density at radius 2 is 1.56 bits per heavy atom. The lowest BCUT2D eigenvalue weighted by molar-refractivity contribution is -0.141. The van der Waals surface area contributed by atoms with Gasteiger partial charge >= 0.3 is 6.18 Å². The number of nitrogens with zero attached hydrogens (tertiary/aromatic N) is 2. The second kappa shape index (κ2) is 16.4. The number of halogens is 3. The maximum absolute atomic E-state index is 13.6. The topological polar surface area (TPSA) is 159 Å². The number of hydrogen-bond acceptors (Lipinski definition) is 7. The number of carbonyl (C=O) groups is 5. The van der Waals surface area contributed by atoms with Crippen LogP contribution in [0.5, 0.6) is 5.75 Å². The molecule has 1 aromatic heterocycles. The highest BCUT2D eigenvalue weighted by Crippen LogP contribution is 2.27. The predicted octanol–water partition coefficient (Wildman–Crippen LogP) is 2.47. The molecule has 262 valence electrons. The molecule has 1 fully saturated rings. The zero-order valence-electron chi connectivity index (χ0n) is 27.8. The molecule has 0 saturated carbocycles. The average molecular weight is 677 g/mol. The second-order valence-electron chi connectivity index (χ2n) is 12.6. The smallest absolute Gasteiger partial charge is 0.433 e. The molecule has 0 bridgehead atoms. The highest BCUT2D eigenvalue weighted by atomic mass is 19.4. The van der Waals surface area contributed by atoms with E-state index in [1.807, 2.05) is 13.8 Å². The van der Waals surface area contributed by atoms with Crippen LogP contribution in [0.25, 0.3) is 0 Å². The first-order valence-electron chi connectivity index (χ1n) is 15.6. The van der Waals surface area contributed by atoms with Crippen LogP contribution in [0.3, 0.4) is 0 Å². The number of carbonyl (C=O) groups excluding carboxylic acids is 5. The van der Waals surface area contributed by atoms with Crippen LogP contribution in [0.1, 0.15) is 62.7 Å². The lowest BCUT2D eigenvalue weighted by Crippen LogP contribution is -2.57. The average Bonchev–Trinajstić information content (AvgIpc) is 3.02. The van der Waals surface area contributed by atoms with Gasteiger partial charge in [-0.1, -0.05) is 39.8 Å². The molecular weight excluding hydrogens is 633 g/mol. The molecule has 1 aliphatic heterocycles. The van der Waals surface area contributed by atoms with Gasteiger partial charge in [-0.05, 0) is 55.0 Å². The number of nitrogens with one attached hydrogen (secondary N) is 4. The largest absolute Gasteiger partial charge is 0.497 e. The summed E-state index contributed by atoms with van der Waals surface area (Å²) < 4.78 is 44.5. The van der Waals surface area contributed by atoms with E-state index in [0.717, 1.165) is 17.2 Å². The number of aromatic nitrogens is 1. The fraction of sp³-hybridized carbons (Fsp3) is 0.515. The molecule has 2 heterocycles. The van der Waals surface area contributed by atoms with E-state index in [9.17, 15) is 37.1 Å². The lowest BCUT2D eigenvalue weighted by atomic mass is 10.0. The van der Waals surface area contributed by atoms with Crippen molar-refractivity contribution < 1.29 is 41.9 Å². The molecule has 0 unspecified atom stereocenters. The minimum Gasteiger partial charge on any atom is -0.497 e. The summed E-state index contributed by atoms with van der Waals surface area (Å²) in [5, 5.41) is 10.9. The van der Waals surface area contributed by atoms with Crippen LogP contribution < -0.4 is 26.0 Å². The summed E-state index contributed by atoms with van der Waals surface area (Å²) in [6, 6.07) is 4.50. The van der Waals surface area contributed by atoms with E-state index < -0.39 is 72.1 Å². The van der Waals surface area contributed by atoms with Crippen LogP contribution in [-0.4, -0.2) is 83.8 Å². The van der Waals surface area contributed by atoms with E-state index in [2.05, 4.69) is 26.3 Å². The zero-order valence-corrected chi connectivity index (χ0v) is 27.8. The summed E-state index contributed by atoms with van der Waals surface area (Å²) in [4.78, 5) is 72.0. The van der Waals surface area contributed by atoms with Crippen LogP contribution in [-0.2, 0) is 31.8 Å². The van der Waals surface area contributed by atoms with Crippen LogP contribution in [0, 0.1) is 11.8 Å². The van der Waals surface area contributed by atoms with Gasteiger partial charge in [0, 0.05) is 25.2 Å². The summed E-state index contributed by atoms with van der Waals surface area (Å²) in [6.45, 7) is 7.92. The van der Waals surface area contributed by atoms with Crippen molar-refractivity contribution in [2.45, 2.75) is 77.8 Å². The number of rotatable bonds is 7. The number of amides is 5. The third-order valence-corrected chi connectivity index (χ3v) is 7.81. The Morgan fingerprint density at radius 1 is 0.917 bits per heavy atom. The quantitative estimate of drug-likeness (QED) is 0.351. The van der Waals surface area contributed by atoms with E-state index in [1.165, 1.54) is 14.0 Å². The molecule has 4 N–H and O–H groups in total. The van der Waals surface area contributed by atoms with Gasteiger partial charge in [0.05, 0.1) is 19.2 Å². The Bertz CT molecular complexity index is 1450. The van der Waals surface area contributed by atoms with Crippen molar-refractivity contribution >= 4 is 29.5 Å². The SMILES string of the molecule is COc1ccc(C[C@@H]2NC(=O)[C@H](CC(C)C)NC(=O)CN(C(=O)c3ccc(C(F)(F)F)nc3)C[C@H](C(C)C)NC(=O)[C@@H](C)NC2=O)cc1. The fourth-order valence-corrected chi connectivity index (χ4v) is 5.03. The van der Waals surface area contributed by atoms with Gasteiger partial charge in [-0.25, -0.2) is 0 Å². The molecule has 2 aromatic rings. The Morgan fingerprint density at radius 3 is 2.10 bits per heavy atom. The summed E-state index contributed by atoms with van der Waals surface area (Å²) in [7, 11) is 1.52. The standard InChI is InChI=1S/C33H43F3N6O6/c1-18(2)13-24-31(46)40-25(14-21-7-10-23(48-6)11-8-21)30(45)38-20(5)29(44)41-26(19(3)4)16-42(17-28(43)39-24)32(47)22-9-12-27(37-15-22)33(34,35)36/h7-12,15,18-20,24-26H,13-14,16-17H2,1-6H3,(H,38,45)(H,39,43)(H,40,46)(H,41,44)/t20-,24+,25+,26-/m1/s1. The van der Waals surface area contributed by atoms with Gasteiger partial charge in [0.1, 0.15) is 29.6 Å². The van der Waals surface area contributed by atoms with Crippen molar-refractivity contribution in [3.63, 3.8) is 0 Å². The molecule has 48 heavy (non-hydrogen) atoms. The zero-order chi connectivity index (χ0) is 35.8. The molecule has 0 radical (unpaired) electrons. The first-order valence-corrected chi connectivity index (χ1v) is 15.6. The van der Waals surface area contributed by atoms with Crippen molar-refractivity contribution in [3.8, 4) is 5.75 Å². The molecule has 12 nitrogen and oxygen atoms in total. The van der Waals surface area contributed by atoms with Gasteiger partial charge in [0.2, 0.25) is 23.6 Å². The first-order chi connectivity index (χ1) is 22.5. The van der Waals surface area contributed by atoms with Gasteiger partial charge in [0.15, 0.2) is 0 Å². The van der Waals surface area contributed by atoms with E-state index in [1.54, 1.807) is 38.1 Å². The molecule has 0 spiro atoms. The Kier molecular flexibility index (Phi) is 12.9. The third-order valence-electron chi connectivity index (χ3n) is 7.81. The van der Waals surface area contributed by atoms with Crippen LogP contribution in [0.15, 0.2) is 42.6 Å². The van der Waals surface area contributed by atoms with E-state index in [-0.39, 0.29) is 36.8 Å². The third kappa shape index (κ3) is 10.7. The molecule has 4 atom stereocenters. The maximum atomic E-state index is 13.6. The summed E-state index contributed by atoms with van der Waals surface area (Å²) >= 11 is 0. The molecule has 1 aromatic carbocycles. The summed E-state index contributed by atoms with van der Waals surface area (Å²) in [5.74, 6) is -3.14. The highest BCUT2D eigenvalue weighted by molar-refractivity contribution is 5.98. The minimum absolute atomic E-state index is 0.0658. The van der Waals surface area contributed by atoms with E-state index in [0.29, 0.717) is 17.4 Å². The monoisotopic (exact) mass is 676 g/mol. The highest BCUT2D eigenvalue weighted by Gasteiger charge is 2.34. The molecule has 15 heteroatoms. The number of pyridine rings is 1. The van der Waals surface area contributed by atoms with Crippen LogP contribution in [0.4, 0.5) is 13.2 Å². The summed E-state index contributed by atoms with van der Waals surface area (Å²) in [5.41, 5.74) is -0.700. The molecule has 5 amide bonds. The Labute approximate surface area is 277 Å². The van der Waals surface area contributed by atoms with Crippen molar-refractivity contribution in [3.05, 3.63) is 59.4 Å². The van der Waals surface area contributed by atoms with Gasteiger partial charge < -0.3 is 30.9 Å². The number of alkyl halides is 3. The van der Waals surface area contributed by atoms with Gasteiger partial charge in [-0.15, -0.1) is 0 Å². The fourth-order valence-electron chi connectivity index (χ4n) is 5.03. The molecule has 1 saturated heterocycles.